The number of ether oxygens (including phenoxy) is 2. The van der Waals surface area contributed by atoms with Crippen molar-refractivity contribution in [3.8, 4) is 5.75 Å². The molecule has 0 bridgehead atoms. The lowest BCUT2D eigenvalue weighted by molar-refractivity contribution is -0.144. The minimum absolute atomic E-state index is 0.0393. The molecule has 1 rings (SSSR count). The van der Waals surface area contributed by atoms with E-state index >= 15 is 0 Å². The molecule has 0 heterocycles. The van der Waals surface area contributed by atoms with Gasteiger partial charge < -0.3 is 14.6 Å². The van der Waals surface area contributed by atoms with Gasteiger partial charge in [0.1, 0.15) is 18.6 Å². The number of rotatable bonds is 9. The van der Waals surface area contributed by atoms with E-state index in [-0.39, 0.29) is 12.6 Å². The first-order valence-corrected chi connectivity index (χ1v) is 6.61. The largest absolute Gasteiger partial charge is 0.494 e. The fraction of sp³-hybridized carbons (Fsp3) is 0.467. The van der Waals surface area contributed by atoms with Crippen LogP contribution in [0.5, 0.6) is 5.75 Å². The van der Waals surface area contributed by atoms with E-state index in [2.05, 4.69) is 0 Å². The van der Waals surface area contributed by atoms with Gasteiger partial charge in [-0.2, -0.15) is 0 Å². The van der Waals surface area contributed by atoms with Crippen molar-refractivity contribution in [3.05, 3.63) is 29.8 Å². The molecule has 5 nitrogen and oxygen atoms in total. The van der Waals surface area contributed by atoms with Crippen molar-refractivity contribution >= 4 is 12.3 Å². The van der Waals surface area contributed by atoms with Gasteiger partial charge >= 0.3 is 5.97 Å². The molecule has 20 heavy (non-hydrogen) atoms. The number of aldehydes is 1. The number of benzene rings is 1. The number of esters is 1. The van der Waals surface area contributed by atoms with Gasteiger partial charge in [0.15, 0.2) is 0 Å². The molecule has 0 saturated carbocycles. The van der Waals surface area contributed by atoms with Gasteiger partial charge in [-0.25, -0.2) is 0 Å². The quantitative estimate of drug-likeness (QED) is 0.425. The summed E-state index contributed by atoms with van der Waals surface area (Å²) in [5, 5.41) is 9.53. The van der Waals surface area contributed by atoms with Crippen LogP contribution in [0.15, 0.2) is 24.3 Å². The zero-order chi connectivity index (χ0) is 14.8. The first-order chi connectivity index (χ1) is 9.61. The Balaban J connectivity index is 2.12. The lowest BCUT2D eigenvalue weighted by atomic mass is 10.1. The summed E-state index contributed by atoms with van der Waals surface area (Å²) in [7, 11) is 0. The molecule has 0 aliphatic carbocycles. The fourth-order valence-corrected chi connectivity index (χ4v) is 1.65. The molecule has 0 aliphatic rings. The Morgan fingerprint density at radius 1 is 1.40 bits per heavy atom. The second kappa shape index (κ2) is 9.09. The predicted molar refractivity (Wildman–Crippen MR) is 73.8 cm³/mol. The Hall–Kier alpha value is -1.88. The Morgan fingerprint density at radius 3 is 2.90 bits per heavy atom. The van der Waals surface area contributed by atoms with E-state index in [1.54, 1.807) is 24.3 Å². The number of hydrogen-bond acceptors (Lipinski definition) is 5. The van der Waals surface area contributed by atoms with Crippen LogP contribution in [0.1, 0.15) is 36.5 Å². The van der Waals surface area contributed by atoms with Gasteiger partial charge in [0.25, 0.3) is 0 Å². The Kier molecular flexibility index (Phi) is 7.35. The van der Waals surface area contributed by atoms with Crippen molar-refractivity contribution in [2.45, 2.75) is 32.3 Å². The zero-order valence-corrected chi connectivity index (χ0v) is 11.6. The van der Waals surface area contributed by atoms with Gasteiger partial charge in [0.2, 0.25) is 0 Å². The second-order valence-electron chi connectivity index (χ2n) is 4.49. The van der Waals surface area contributed by atoms with Crippen LogP contribution in [0, 0.1) is 0 Å². The molecule has 0 aliphatic heterocycles. The van der Waals surface area contributed by atoms with Gasteiger partial charge in [-0.15, -0.1) is 0 Å². The third-order valence-electron chi connectivity index (χ3n) is 2.67. The van der Waals surface area contributed by atoms with E-state index in [1.807, 2.05) is 0 Å². The monoisotopic (exact) mass is 280 g/mol. The molecule has 0 saturated heterocycles. The molecule has 0 radical (unpaired) electrons. The molecule has 0 fully saturated rings. The van der Waals surface area contributed by atoms with Crippen molar-refractivity contribution in [1.29, 1.82) is 0 Å². The van der Waals surface area contributed by atoms with Gasteiger partial charge in [-0.3, -0.25) is 9.59 Å². The predicted octanol–water partition coefficient (Wildman–Crippen LogP) is 1.97. The average molecular weight is 280 g/mol. The first-order valence-electron chi connectivity index (χ1n) is 6.61. The summed E-state index contributed by atoms with van der Waals surface area (Å²) in [4.78, 5) is 21.2. The summed E-state index contributed by atoms with van der Waals surface area (Å²) in [6, 6.07) is 6.96. The van der Waals surface area contributed by atoms with Crippen molar-refractivity contribution in [3.63, 3.8) is 0 Å². The highest BCUT2D eigenvalue weighted by Gasteiger charge is 2.05. The third kappa shape index (κ3) is 6.89. The number of carbonyl (C=O) groups excluding carboxylic acids is 2. The molecule has 1 aromatic rings. The van der Waals surface area contributed by atoms with Crippen LogP contribution in [-0.4, -0.2) is 36.7 Å². The summed E-state index contributed by atoms with van der Waals surface area (Å²) >= 11 is 0. The van der Waals surface area contributed by atoms with E-state index in [0.717, 1.165) is 19.1 Å². The summed E-state index contributed by atoms with van der Waals surface area (Å²) in [5.41, 5.74) is 0.583. The van der Waals surface area contributed by atoms with Crippen molar-refractivity contribution in [2.24, 2.45) is 0 Å². The summed E-state index contributed by atoms with van der Waals surface area (Å²) in [6.45, 7) is 1.87. The van der Waals surface area contributed by atoms with Crippen molar-refractivity contribution < 1.29 is 24.2 Å². The van der Waals surface area contributed by atoms with E-state index in [0.29, 0.717) is 24.3 Å². The molecule has 110 valence electrons. The summed E-state index contributed by atoms with van der Waals surface area (Å²) in [5.74, 6) is 0.275. The van der Waals surface area contributed by atoms with E-state index in [9.17, 15) is 14.7 Å². The first kappa shape index (κ1) is 16.2. The third-order valence-corrected chi connectivity index (χ3v) is 2.67. The molecule has 5 heteroatoms. The molecule has 0 amide bonds. The SMILES string of the molecule is CC(=O)OC[C@H](O)CCCCOc1cccc(C=O)c1. The average Bonchev–Trinajstić information content (AvgIpc) is 2.45. The topological polar surface area (TPSA) is 72.8 Å². The highest BCUT2D eigenvalue weighted by atomic mass is 16.5. The molecule has 0 spiro atoms. The highest BCUT2D eigenvalue weighted by molar-refractivity contribution is 5.75. The van der Waals surface area contributed by atoms with Crippen LogP contribution >= 0.6 is 0 Å². The molecule has 1 atom stereocenters. The minimum Gasteiger partial charge on any atom is -0.494 e. The standard InChI is InChI=1S/C15H20O5/c1-12(17)20-11-14(18)6-2-3-8-19-15-7-4-5-13(9-15)10-16/h4-5,7,9-10,14,18H,2-3,6,8,11H2,1H3/t14-/m1/s1. The Labute approximate surface area is 118 Å². The van der Waals surface area contributed by atoms with Gasteiger partial charge in [-0.1, -0.05) is 12.1 Å². The van der Waals surface area contributed by atoms with E-state index in [4.69, 9.17) is 9.47 Å². The Bertz CT molecular complexity index is 430. The van der Waals surface area contributed by atoms with Gasteiger partial charge in [0.05, 0.1) is 12.7 Å². The van der Waals surface area contributed by atoms with Crippen LogP contribution in [0.4, 0.5) is 0 Å². The molecular weight excluding hydrogens is 260 g/mol. The van der Waals surface area contributed by atoms with Gasteiger partial charge in [-0.05, 0) is 31.4 Å². The maximum Gasteiger partial charge on any atom is 0.302 e. The van der Waals surface area contributed by atoms with E-state index < -0.39 is 6.10 Å². The molecule has 1 N–H and O–H groups in total. The second-order valence-corrected chi connectivity index (χ2v) is 4.49. The van der Waals surface area contributed by atoms with Crippen LogP contribution in [-0.2, 0) is 9.53 Å². The van der Waals surface area contributed by atoms with E-state index in [1.165, 1.54) is 6.92 Å². The van der Waals surface area contributed by atoms with Crippen LogP contribution in [0.25, 0.3) is 0 Å². The number of aliphatic hydroxyl groups is 1. The molecule has 1 aromatic carbocycles. The number of unbranched alkanes of at least 4 members (excludes halogenated alkanes) is 1. The molecule has 0 unspecified atom stereocenters. The number of hydrogen-bond donors (Lipinski definition) is 1. The van der Waals surface area contributed by atoms with Crippen LogP contribution < -0.4 is 4.74 Å². The van der Waals surface area contributed by atoms with Crippen molar-refractivity contribution in [2.75, 3.05) is 13.2 Å². The number of aliphatic hydroxyl groups excluding tert-OH is 1. The molecule has 0 aromatic heterocycles. The maximum absolute atomic E-state index is 10.6. The fourth-order valence-electron chi connectivity index (χ4n) is 1.65. The van der Waals surface area contributed by atoms with Crippen LogP contribution in [0.2, 0.25) is 0 Å². The lowest BCUT2D eigenvalue weighted by Gasteiger charge is -2.10. The normalized spacial score (nSPS) is 11.7. The van der Waals surface area contributed by atoms with Gasteiger partial charge in [0, 0.05) is 12.5 Å². The smallest absolute Gasteiger partial charge is 0.302 e. The molecular formula is C15H20O5. The maximum atomic E-state index is 10.6. The summed E-state index contributed by atoms with van der Waals surface area (Å²) in [6.07, 6.45) is 2.26. The minimum atomic E-state index is -0.628. The Morgan fingerprint density at radius 2 is 2.20 bits per heavy atom. The highest BCUT2D eigenvalue weighted by Crippen LogP contribution is 2.12. The lowest BCUT2D eigenvalue weighted by Crippen LogP contribution is -2.17. The summed E-state index contributed by atoms with van der Waals surface area (Å²) < 4.78 is 10.2. The number of carbonyl (C=O) groups is 2. The zero-order valence-electron chi connectivity index (χ0n) is 11.6. The van der Waals surface area contributed by atoms with Crippen molar-refractivity contribution in [1.82, 2.24) is 0 Å². The van der Waals surface area contributed by atoms with Crippen LogP contribution in [0.3, 0.4) is 0 Å².